The molecule has 0 saturated heterocycles. The number of aliphatic hydroxyl groups excluding tert-OH is 1. The second-order valence-corrected chi connectivity index (χ2v) is 7.30. The highest BCUT2D eigenvalue weighted by Gasteiger charge is 2.26. The second-order valence-electron chi connectivity index (χ2n) is 7.30. The first-order valence-corrected chi connectivity index (χ1v) is 7.81. The monoisotopic (exact) mass is 292 g/mol. The Kier molecular flexibility index (Phi) is 4.71. The summed E-state index contributed by atoms with van der Waals surface area (Å²) in [5.41, 5.74) is 0.964. The zero-order valence-corrected chi connectivity index (χ0v) is 13.8. The fourth-order valence-corrected chi connectivity index (χ4v) is 2.61. The van der Waals surface area contributed by atoms with Crippen LogP contribution in [0.4, 0.5) is 11.8 Å². The Morgan fingerprint density at radius 2 is 2.00 bits per heavy atom. The van der Waals surface area contributed by atoms with E-state index in [0.717, 1.165) is 30.6 Å². The van der Waals surface area contributed by atoms with E-state index in [1.165, 1.54) is 0 Å². The molecule has 0 unspecified atom stereocenters. The molecule has 0 spiro atoms. The maximum Gasteiger partial charge on any atom is 0.225 e. The minimum absolute atomic E-state index is 0.0665. The van der Waals surface area contributed by atoms with Crippen LogP contribution in [0.1, 0.15) is 52.5 Å². The van der Waals surface area contributed by atoms with E-state index in [2.05, 4.69) is 48.3 Å². The Bertz CT molecular complexity index is 484. The molecule has 1 aromatic heterocycles. The molecule has 0 amide bonds. The van der Waals surface area contributed by atoms with Crippen molar-refractivity contribution in [2.45, 2.75) is 71.6 Å². The summed E-state index contributed by atoms with van der Waals surface area (Å²) in [4.78, 5) is 8.91. The van der Waals surface area contributed by atoms with Gasteiger partial charge in [0.15, 0.2) is 0 Å². The number of hydrogen-bond acceptors (Lipinski definition) is 5. The third-order valence-corrected chi connectivity index (χ3v) is 3.95. The SMILES string of the molecule is Cc1cnc(NC(C)(C)C)nc1N[C@@H]1CC[C@@H](C)[C@H](O)C1. The molecule has 1 aliphatic carbocycles. The van der Waals surface area contributed by atoms with E-state index in [1.807, 2.05) is 13.1 Å². The molecule has 1 aliphatic rings. The normalized spacial score (nSPS) is 26.5. The quantitative estimate of drug-likeness (QED) is 0.799. The molecule has 1 fully saturated rings. The van der Waals surface area contributed by atoms with Crippen LogP contribution in [0.5, 0.6) is 0 Å². The number of nitrogens with one attached hydrogen (secondary N) is 2. The van der Waals surface area contributed by atoms with Gasteiger partial charge in [-0.2, -0.15) is 4.98 Å². The van der Waals surface area contributed by atoms with Crippen molar-refractivity contribution in [1.82, 2.24) is 9.97 Å². The van der Waals surface area contributed by atoms with Gasteiger partial charge in [0.2, 0.25) is 5.95 Å². The first-order valence-electron chi connectivity index (χ1n) is 7.81. The van der Waals surface area contributed by atoms with Gasteiger partial charge in [-0.1, -0.05) is 6.92 Å². The van der Waals surface area contributed by atoms with Gasteiger partial charge in [0.25, 0.3) is 0 Å². The predicted octanol–water partition coefficient (Wildman–Crippen LogP) is 2.96. The first kappa shape index (κ1) is 16.0. The van der Waals surface area contributed by atoms with Gasteiger partial charge in [-0.3, -0.25) is 0 Å². The summed E-state index contributed by atoms with van der Waals surface area (Å²) < 4.78 is 0. The Morgan fingerprint density at radius 1 is 1.29 bits per heavy atom. The van der Waals surface area contributed by atoms with E-state index in [0.29, 0.717) is 11.9 Å². The minimum atomic E-state index is -0.217. The van der Waals surface area contributed by atoms with Crippen LogP contribution in [-0.4, -0.2) is 32.8 Å². The number of aliphatic hydroxyl groups is 1. The standard InChI is InChI=1S/C16H28N4O/c1-10-6-7-12(8-13(10)21)18-14-11(2)9-17-15(19-14)20-16(3,4)5/h9-10,12-13,21H,6-8H2,1-5H3,(H2,17,18,19,20)/t10-,12-,13-/m1/s1. The van der Waals surface area contributed by atoms with E-state index in [9.17, 15) is 5.11 Å². The van der Waals surface area contributed by atoms with Crippen LogP contribution in [-0.2, 0) is 0 Å². The lowest BCUT2D eigenvalue weighted by Crippen LogP contribution is -2.35. The lowest BCUT2D eigenvalue weighted by Gasteiger charge is -2.32. The summed E-state index contributed by atoms with van der Waals surface area (Å²) >= 11 is 0. The third-order valence-electron chi connectivity index (χ3n) is 3.95. The number of rotatable bonds is 3. The summed E-state index contributed by atoms with van der Waals surface area (Å²) in [6, 6.07) is 0.285. The Hall–Kier alpha value is -1.36. The van der Waals surface area contributed by atoms with E-state index in [4.69, 9.17) is 0 Å². The van der Waals surface area contributed by atoms with Crippen molar-refractivity contribution in [3.63, 3.8) is 0 Å². The topological polar surface area (TPSA) is 70.1 Å². The van der Waals surface area contributed by atoms with Crippen LogP contribution in [0.2, 0.25) is 0 Å². The van der Waals surface area contributed by atoms with Gasteiger partial charge in [0, 0.05) is 23.3 Å². The smallest absolute Gasteiger partial charge is 0.225 e. The third kappa shape index (κ3) is 4.56. The van der Waals surface area contributed by atoms with Gasteiger partial charge in [0.1, 0.15) is 5.82 Å². The van der Waals surface area contributed by atoms with Crippen molar-refractivity contribution in [3.05, 3.63) is 11.8 Å². The second kappa shape index (κ2) is 6.18. The number of anilines is 2. The van der Waals surface area contributed by atoms with Gasteiger partial charge in [-0.25, -0.2) is 4.98 Å². The summed E-state index contributed by atoms with van der Waals surface area (Å²) in [5.74, 6) is 1.90. The van der Waals surface area contributed by atoms with Crippen LogP contribution < -0.4 is 10.6 Å². The van der Waals surface area contributed by atoms with E-state index in [-0.39, 0.29) is 17.7 Å². The highest BCUT2D eigenvalue weighted by Crippen LogP contribution is 2.27. The molecule has 2 rings (SSSR count). The van der Waals surface area contributed by atoms with Gasteiger partial charge < -0.3 is 15.7 Å². The summed E-state index contributed by atoms with van der Waals surface area (Å²) in [5, 5.41) is 16.8. The molecule has 118 valence electrons. The maximum absolute atomic E-state index is 10.0. The van der Waals surface area contributed by atoms with Gasteiger partial charge in [-0.05, 0) is 52.9 Å². The molecule has 21 heavy (non-hydrogen) atoms. The molecule has 1 heterocycles. The molecular formula is C16H28N4O. The minimum Gasteiger partial charge on any atom is -0.393 e. The Balaban J connectivity index is 2.07. The Morgan fingerprint density at radius 3 is 2.62 bits per heavy atom. The highest BCUT2D eigenvalue weighted by molar-refractivity contribution is 5.47. The molecule has 0 radical (unpaired) electrons. The summed E-state index contributed by atoms with van der Waals surface area (Å²) in [6.45, 7) is 10.4. The fraction of sp³-hybridized carbons (Fsp3) is 0.750. The maximum atomic E-state index is 10.0. The predicted molar refractivity (Wildman–Crippen MR) is 86.6 cm³/mol. The van der Waals surface area contributed by atoms with E-state index < -0.39 is 0 Å². The van der Waals surface area contributed by atoms with Crippen molar-refractivity contribution in [2.75, 3.05) is 10.6 Å². The highest BCUT2D eigenvalue weighted by atomic mass is 16.3. The number of hydrogen-bond donors (Lipinski definition) is 3. The molecule has 1 saturated carbocycles. The van der Waals surface area contributed by atoms with Crippen LogP contribution >= 0.6 is 0 Å². The summed E-state index contributed by atoms with van der Waals surface area (Å²) in [6.07, 6.45) is 4.53. The molecule has 5 nitrogen and oxygen atoms in total. The summed E-state index contributed by atoms with van der Waals surface area (Å²) in [7, 11) is 0. The van der Waals surface area contributed by atoms with Crippen LogP contribution in [0.3, 0.4) is 0 Å². The zero-order valence-electron chi connectivity index (χ0n) is 13.8. The van der Waals surface area contributed by atoms with Crippen molar-refractivity contribution >= 4 is 11.8 Å². The largest absolute Gasteiger partial charge is 0.393 e. The average Bonchev–Trinajstić information content (AvgIpc) is 2.36. The van der Waals surface area contributed by atoms with Gasteiger partial charge in [0.05, 0.1) is 6.10 Å². The van der Waals surface area contributed by atoms with Crippen LogP contribution in [0, 0.1) is 12.8 Å². The van der Waals surface area contributed by atoms with Crippen molar-refractivity contribution < 1.29 is 5.11 Å². The molecule has 3 atom stereocenters. The average molecular weight is 292 g/mol. The lowest BCUT2D eigenvalue weighted by atomic mass is 9.85. The lowest BCUT2D eigenvalue weighted by molar-refractivity contribution is 0.0739. The Labute approximate surface area is 127 Å². The van der Waals surface area contributed by atoms with Crippen LogP contribution in [0.25, 0.3) is 0 Å². The molecule has 0 aromatic carbocycles. The number of nitrogens with zero attached hydrogens (tertiary/aromatic N) is 2. The van der Waals surface area contributed by atoms with Crippen LogP contribution in [0.15, 0.2) is 6.20 Å². The van der Waals surface area contributed by atoms with Gasteiger partial charge in [-0.15, -0.1) is 0 Å². The molecule has 3 N–H and O–H groups in total. The fourth-order valence-electron chi connectivity index (χ4n) is 2.61. The van der Waals surface area contributed by atoms with Gasteiger partial charge >= 0.3 is 0 Å². The molecule has 5 heteroatoms. The molecule has 0 bridgehead atoms. The van der Waals surface area contributed by atoms with Crippen molar-refractivity contribution in [2.24, 2.45) is 5.92 Å². The number of aryl methyl sites for hydroxylation is 1. The molecule has 0 aliphatic heterocycles. The van der Waals surface area contributed by atoms with Crippen molar-refractivity contribution in [1.29, 1.82) is 0 Å². The molecule has 1 aromatic rings. The zero-order chi connectivity index (χ0) is 15.6. The first-order chi connectivity index (χ1) is 9.74. The van der Waals surface area contributed by atoms with E-state index in [1.54, 1.807) is 0 Å². The van der Waals surface area contributed by atoms with E-state index >= 15 is 0 Å². The molecular weight excluding hydrogens is 264 g/mol. The number of aromatic nitrogens is 2. The van der Waals surface area contributed by atoms with Crippen molar-refractivity contribution in [3.8, 4) is 0 Å².